The van der Waals surface area contributed by atoms with E-state index in [9.17, 15) is 4.79 Å². The first-order valence-electron chi connectivity index (χ1n) is 4.37. The van der Waals surface area contributed by atoms with Crippen molar-refractivity contribution in [2.75, 3.05) is 6.73 Å². The van der Waals surface area contributed by atoms with Crippen LogP contribution in [0, 0.1) is 5.41 Å². The molecule has 0 aromatic carbocycles. The molecule has 0 radical (unpaired) electrons. The van der Waals surface area contributed by atoms with Gasteiger partial charge < -0.3 is 10.5 Å². The minimum absolute atomic E-state index is 0.00956. The molecule has 0 heterocycles. The quantitative estimate of drug-likeness (QED) is 0.301. The van der Waals surface area contributed by atoms with E-state index in [2.05, 4.69) is 0 Å². The second kappa shape index (κ2) is 4.85. The van der Waals surface area contributed by atoms with E-state index in [0.29, 0.717) is 5.70 Å². The van der Waals surface area contributed by atoms with Gasteiger partial charge in [-0.2, -0.15) is 0 Å². The number of carbonyl (C=O) groups is 1. The summed E-state index contributed by atoms with van der Waals surface area (Å²) in [5.74, 6) is 5.23. The molecule has 0 bridgehead atoms. The summed E-state index contributed by atoms with van der Waals surface area (Å²) in [6.45, 7) is 7.08. The van der Waals surface area contributed by atoms with Gasteiger partial charge in [-0.3, -0.25) is 9.80 Å². The van der Waals surface area contributed by atoms with Crippen molar-refractivity contribution in [1.82, 2.24) is 5.01 Å². The summed E-state index contributed by atoms with van der Waals surface area (Å²) >= 11 is 0. The standard InChI is InChI=1S/C9H19N3O2/c1-7(5-10)12(11)6-14-8(13)9(2,3)4/h5H,6,10-11H2,1-4H3/b7-5-. The average Bonchev–Trinajstić information content (AvgIpc) is 2.10. The summed E-state index contributed by atoms with van der Waals surface area (Å²) in [5, 5.41) is 1.27. The number of carbonyl (C=O) groups excluding carboxylic acids is 1. The van der Waals surface area contributed by atoms with Gasteiger partial charge in [-0.05, 0) is 27.7 Å². The lowest BCUT2D eigenvalue weighted by atomic mass is 9.98. The number of hydrogen-bond donors (Lipinski definition) is 2. The summed E-state index contributed by atoms with van der Waals surface area (Å²) in [6.07, 6.45) is 1.35. The fourth-order valence-electron chi connectivity index (χ4n) is 0.542. The van der Waals surface area contributed by atoms with Crippen LogP contribution in [0.3, 0.4) is 0 Å². The van der Waals surface area contributed by atoms with Crippen LogP contribution in [0.25, 0.3) is 0 Å². The van der Waals surface area contributed by atoms with Gasteiger partial charge in [0.15, 0.2) is 6.73 Å². The summed E-state index contributed by atoms with van der Waals surface area (Å²) in [7, 11) is 0. The lowest BCUT2D eigenvalue weighted by Gasteiger charge is -2.22. The van der Waals surface area contributed by atoms with Crippen molar-refractivity contribution in [1.29, 1.82) is 0 Å². The lowest BCUT2D eigenvalue weighted by Crippen LogP contribution is -2.35. The number of esters is 1. The van der Waals surface area contributed by atoms with E-state index in [-0.39, 0.29) is 12.7 Å². The Labute approximate surface area is 84.7 Å². The van der Waals surface area contributed by atoms with Gasteiger partial charge >= 0.3 is 5.97 Å². The van der Waals surface area contributed by atoms with Gasteiger partial charge in [0.2, 0.25) is 0 Å². The van der Waals surface area contributed by atoms with Crippen molar-refractivity contribution in [3.05, 3.63) is 11.9 Å². The minimum Gasteiger partial charge on any atom is -0.442 e. The molecule has 5 heteroatoms. The van der Waals surface area contributed by atoms with E-state index >= 15 is 0 Å². The Kier molecular flexibility index (Phi) is 4.43. The maximum Gasteiger partial charge on any atom is 0.312 e. The summed E-state index contributed by atoms with van der Waals surface area (Å²) < 4.78 is 4.96. The van der Waals surface area contributed by atoms with Crippen molar-refractivity contribution in [3.63, 3.8) is 0 Å². The number of hydrogen-bond acceptors (Lipinski definition) is 5. The van der Waals surface area contributed by atoms with Gasteiger partial charge in [0.25, 0.3) is 0 Å². The average molecular weight is 201 g/mol. The SMILES string of the molecule is C/C(=C/N)N(N)COC(=O)C(C)(C)C. The van der Waals surface area contributed by atoms with E-state index in [1.54, 1.807) is 27.7 Å². The van der Waals surface area contributed by atoms with Crippen molar-refractivity contribution in [3.8, 4) is 0 Å². The molecule has 0 aromatic rings. The highest BCUT2D eigenvalue weighted by Gasteiger charge is 2.23. The first kappa shape index (κ1) is 12.8. The molecule has 0 aliphatic carbocycles. The van der Waals surface area contributed by atoms with E-state index in [1.165, 1.54) is 11.2 Å². The predicted molar refractivity (Wildman–Crippen MR) is 54.4 cm³/mol. The van der Waals surface area contributed by atoms with Gasteiger partial charge in [0, 0.05) is 11.9 Å². The number of rotatable bonds is 3. The van der Waals surface area contributed by atoms with E-state index in [1.807, 2.05) is 0 Å². The number of hydrazine groups is 1. The Morgan fingerprint density at radius 2 is 2.00 bits per heavy atom. The van der Waals surface area contributed by atoms with Crippen LogP contribution in [0.2, 0.25) is 0 Å². The van der Waals surface area contributed by atoms with Gasteiger partial charge in [0.05, 0.1) is 5.41 Å². The van der Waals surface area contributed by atoms with Crippen molar-refractivity contribution >= 4 is 5.97 Å². The molecule has 0 aromatic heterocycles. The Bertz CT molecular complexity index is 231. The van der Waals surface area contributed by atoms with E-state index < -0.39 is 5.41 Å². The fourth-order valence-corrected chi connectivity index (χ4v) is 0.542. The Morgan fingerprint density at radius 1 is 1.50 bits per heavy atom. The first-order valence-corrected chi connectivity index (χ1v) is 4.37. The minimum atomic E-state index is -0.513. The maximum atomic E-state index is 11.3. The van der Waals surface area contributed by atoms with E-state index in [4.69, 9.17) is 16.3 Å². The van der Waals surface area contributed by atoms with Crippen LogP contribution in [-0.4, -0.2) is 17.7 Å². The van der Waals surface area contributed by atoms with Gasteiger partial charge in [-0.1, -0.05) is 0 Å². The largest absolute Gasteiger partial charge is 0.442 e. The van der Waals surface area contributed by atoms with Crippen molar-refractivity contribution in [2.45, 2.75) is 27.7 Å². The smallest absolute Gasteiger partial charge is 0.312 e. The third kappa shape index (κ3) is 4.13. The number of allylic oxidation sites excluding steroid dienone is 1. The summed E-state index contributed by atoms with van der Waals surface area (Å²) in [6, 6.07) is 0. The zero-order valence-corrected chi connectivity index (χ0v) is 9.20. The number of nitrogens with two attached hydrogens (primary N) is 2. The van der Waals surface area contributed by atoms with Gasteiger partial charge in [-0.25, -0.2) is 5.84 Å². The monoisotopic (exact) mass is 201 g/mol. The van der Waals surface area contributed by atoms with Crippen LogP contribution in [0.15, 0.2) is 11.9 Å². The molecule has 0 rings (SSSR count). The van der Waals surface area contributed by atoms with Crippen LogP contribution in [0.1, 0.15) is 27.7 Å². The number of ether oxygens (including phenoxy) is 1. The molecule has 0 saturated heterocycles. The number of nitrogens with zero attached hydrogens (tertiary/aromatic N) is 1. The molecule has 14 heavy (non-hydrogen) atoms. The predicted octanol–water partition coefficient (Wildman–Crippen LogP) is 0.529. The molecule has 0 fully saturated rings. The molecular weight excluding hydrogens is 182 g/mol. The fraction of sp³-hybridized carbons (Fsp3) is 0.667. The molecule has 0 aliphatic heterocycles. The molecule has 0 aliphatic rings. The molecule has 82 valence electrons. The molecule has 5 nitrogen and oxygen atoms in total. The second-order valence-corrected chi connectivity index (χ2v) is 4.09. The van der Waals surface area contributed by atoms with Crippen LogP contribution in [-0.2, 0) is 9.53 Å². The van der Waals surface area contributed by atoms with E-state index in [0.717, 1.165) is 0 Å². The Morgan fingerprint density at radius 3 is 2.36 bits per heavy atom. The zero-order valence-electron chi connectivity index (χ0n) is 9.20. The highest BCUT2D eigenvalue weighted by molar-refractivity contribution is 5.75. The van der Waals surface area contributed by atoms with Crippen LogP contribution in [0.5, 0.6) is 0 Å². The van der Waals surface area contributed by atoms with Gasteiger partial charge in [-0.15, -0.1) is 0 Å². The third-order valence-corrected chi connectivity index (χ3v) is 1.64. The van der Waals surface area contributed by atoms with Crippen LogP contribution < -0.4 is 11.6 Å². The summed E-state index contributed by atoms with van der Waals surface area (Å²) in [5.41, 5.74) is 5.37. The lowest BCUT2D eigenvalue weighted by molar-refractivity contribution is -0.157. The molecule has 0 amide bonds. The van der Waals surface area contributed by atoms with Crippen LogP contribution in [0.4, 0.5) is 0 Å². The van der Waals surface area contributed by atoms with Gasteiger partial charge in [0.1, 0.15) is 0 Å². The Balaban J connectivity index is 4.02. The molecule has 0 atom stereocenters. The Hall–Kier alpha value is -1.23. The van der Waals surface area contributed by atoms with Crippen molar-refractivity contribution < 1.29 is 9.53 Å². The third-order valence-electron chi connectivity index (χ3n) is 1.64. The van der Waals surface area contributed by atoms with Crippen LogP contribution >= 0.6 is 0 Å². The molecule has 4 N–H and O–H groups in total. The highest BCUT2D eigenvalue weighted by atomic mass is 16.5. The molecule has 0 saturated carbocycles. The molecular formula is C9H19N3O2. The first-order chi connectivity index (χ1) is 6.29. The maximum absolute atomic E-state index is 11.3. The molecule has 0 unspecified atom stereocenters. The molecule has 0 spiro atoms. The van der Waals surface area contributed by atoms with Crippen molar-refractivity contribution in [2.24, 2.45) is 17.0 Å². The summed E-state index contributed by atoms with van der Waals surface area (Å²) in [4.78, 5) is 11.3. The zero-order chi connectivity index (χ0) is 11.4. The normalized spacial score (nSPS) is 12.5. The second-order valence-electron chi connectivity index (χ2n) is 4.09. The topological polar surface area (TPSA) is 81.6 Å². The highest BCUT2D eigenvalue weighted by Crippen LogP contribution is 2.15.